The molecule has 1 aliphatic rings. The lowest BCUT2D eigenvalue weighted by molar-refractivity contribution is 0.209. The predicted octanol–water partition coefficient (Wildman–Crippen LogP) is 6.80. The van der Waals surface area contributed by atoms with Crippen LogP contribution in [0.1, 0.15) is 57.4 Å². The molecule has 1 atom stereocenters. The molecule has 1 unspecified atom stereocenters. The third-order valence-electron chi connectivity index (χ3n) is 5.66. The Balaban J connectivity index is 1.57. The Morgan fingerprint density at radius 1 is 1.07 bits per heavy atom. The standard InChI is InChI=1S/C23H27ClN2O/c1-17(27-20-13-11-19(24)12-14-20)23-25-21-9-5-6-10-22(21)26(23)16-15-18-7-3-2-4-8-18/h5-6,9-14,17-18H,2-4,7-8,15-16H2,1H3. The minimum atomic E-state index is -0.120. The van der Waals surface area contributed by atoms with Gasteiger partial charge in [-0.05, 0) is 55.7 Å². The van der Waals surface area contributed by atoms with E-state index in [4.69, 9.17) is 21.3 Å². The first-order valence-corrected chi connectivity index (χ1v) is 10.5. The number of ether oxygens (including phenoxy) is 1. The fourth-order valence-electron chi connectivity index (χ4n) is 4.20. The predicted molar refractivity (Wildman–Crippen MR) is 111 cm³/mol. The van der Waals surface area contributed by atoms with Crippen molar-refractivity contribution in [2.45, 2.75) is 58.1 Å². The molecule has 0 aliphatic heterocycles. The van der Waals surface area contributed by atoms with Crippen LogP contribution < -0.4 is 4.74 Å². The van der Waals surface area contributed by atoms with Gasteiger partial charge in [0.1, 0.15) is 5.75 Å². The number of aromatic nitrogens is 2. The van der Waals surface area contributed by atoms with E-state index in [-0.39, 0.29) is 6.10 Å². The zero-order valence-corrected chi connectivity index (χ0v) is 16.7. The van der Waals surface area contributed by atoms with Gasteiger partial charge in [-0.3, -0.25) is 0 Å². The summed E-state index contributed by atoms with van der Waals surface area (Å²) in [5.41, 5.74) is 2.25. The largest absolute Gasteiger partial charge is 0.483 e. The summed E-state index contributed by atoms with van der Waals surface area (Å²) in [6.45, 7) is 3.09. The van der Waals surface area contributed by atoms with E-state index in [0.717, 1.165) is 34.6 Å². The zero-order chi connectivity index (χ0) is 18.6. The van der Waals surface area contributed by atoms with Gasteiger partial charge in [0.05, 0.1) is 11.0 Å². The van der Waals surface area contributed by atoms with Crippen molar-refractivity contribution < 1.29 is 4.74 Å². The highest BCUT2D eigenvalue weighted by atomic mass is 35.5. The normalized spacial score (nSPS) is 16.5. The molecule has 0 amide bonds. The molecule has 1 heterocycles. The van der Waals surface area contributed by atoms with Crippen molar-refractivity contribution in [3.8, 4) is 5.75 Å². The second-order valence-corrected chi connectivity index (χ2v) is 8.05. The van der Waals surface area contributed by atoms with E-state index >= 15 is 0 Å². The lowest BCUT2D eigenvalue weighted by Crippen LogP contribution is -2.15. The van der Waals surface area contributed by atoms with Crippen LogP contribution in [0.3, 0.4) is 0 Å². The number of nitrogens with zero attached hydrogens (tertiary/aromatic N) is 2. The van der Waals surface area contributed by atoms with Crippen LogP contribution in [0.2, 0.25) is 5.02 Å². The molecule has 4 heteroatoms. The zero-order valence-electron chi connectivity index (χ0n) is 15.9. The Morgan fingerprint density at radius 2 is 1.81 bits per heavy atom. The van der Waals surface area contributed by atoms with Crippen LogP contribution in [0.15, 0.2) is 48.5 Å². The van der Waals surface area contributed by atoms with E-state index < -0.39 is 0 Å². The van der Waals surface area contributed by atoms with Gasteiger partial charge in [-0.15, -0.1) is 0 Å². The summed E-state index contributed by atoms with van der Waals surface area (Å²) in [7, 11) is 0. The monoisotopic (exact) mass is 382 g/mol. The fourth-order valence-corrected chi connectivity index (χ4v) is 4.32. The Morgan fingerprint density at radius 3 is 2.59 bits per heavy atom. The Bertz CT molecular complexity index is 881. The first-order chi connectivity index (χ1) is 13.2. The summed E-state index contributed by atoms with van der Waals surface area (Å²) < 4.78 is 8.54. The molecule has 0 spiro atoms. The quantitative estimate of drug-likeness (QED) is 0.468. The van der Waals surface area contributed by atoms with Gasteiger partial charge < -0.3 is 9.30 Å². The van der Waals surface area contributed by atoms with Gasteiger partial charge in [0.15, 0.2) is 11.9 Å². The fraction of sp³-hybridized carbons (Fsp3) is 0.435. The summed E-state index contributed by atoms with van der Waals surface area (Å²) in [5, 5.41) is 0.717. The van der Waals surface area contributed by atoms with Crippen LogP contribution in [0.5, 0.6) is 5.75 Å². The first kappa shape index (κ1) is 18.4. The lowest BCUT2D eigenvalue weighted by Gasteiger charge is -2.23. The summed E-state index contributed by atoms with van der Waals surface area (Å²) in [6.07, 6.45) is 8.03. The molecule has 3 nitrogen and oxygen atoms in total. The topological polar surface area (TPSA) is 27.1 Å². The average molecular weight is 383 g/mol. The minimum Gasteiger partial charge on any atom is -0.483 e. The Hall–Kier alpha value is -2.00. The molecule has 1 aliphatic carbocycles. The number of halogens is 1. The van der Waals surface area contributed by atoms with Gasteiger partial charge in [-0.1, -0.05) is 55.8 Å². The van der Waals surface area contributed by atoms with Crippen molar-refractivity contribution in [2.24, 2.45) is 5.92 Å². The molecular formula is C23H27ClN2O. The van der Waals surface area contributed by atoms with E-state index in [1.807, 2.05) is 24.3 Å². The van der Waals surface area contributed by atoms with Gasteiger partial charge in [0.2, 0.25) is 0 Å². The van der Waals surface area contributed by atoms with E-state index in [1.165, 1.54) is 44.0 Å². The molecule has 0 bridgehead atoms. The van der Waals surface area contributed by atoms with Crippen LogP contribution >= 0.6 is 11.6 Å². The van der Waals surface area contributed by atoms with Crippen molar-refractivity contribution in [3.05, 3.63) is 59.4 Å². The van der Waals surface area contributed by atoms with Gasteiger partial charge in [-0.2, -0.15) is 0 Å². The van der Waals surface area contributed by atoms with E-state index in [0.29, 0.717) is 0 Å². The summed E-state index contributed by atoms with van der Waals surface area (Å²) in [5.74, 6) is 2.67. The van der Waals surface area contributed by atoms with Crippen LogP contribution in [0.4, 0.5) is 0 Å². The lowest BCUT2D eigenvalue weighted by atomic mass is 9.87. The maximum atomic E-state index is 6.18. The van der Waals surface area contributed by atoms with E-state index in [1.54, 1.807) is 0 Å². The molecule has 142 valence electrons. The summed E-state index contributed by atoms with van der Waals surface area (Å²) >= 11 is 5.99. The highest BCUT2D eigenvalue weighted by Gasteiger charge is 2.20. The minimum absolute atomic E-state index is 0.120. The highest BCUT2D eigenvalue weighted by Crippen LogP contribution is 2.30. The average Bonchev–Trinajstić information content (AvgIpc) is 3.08. The third-order valence-corrected chi connectivity index (χ3v) is 5.91. The van der Waals surface area contributed by atoms with E-state index in [9.17, 15) is 0 Å². The van der Waals surface area contributed by atoms with Gasteiger partial charge in [0.25, 0.3) is 0 Å². The Labute approximate surface area is 166 Å². The van der Waals surface area contributed by atoms with Gasteiger partial charge in [0, 0.05) is 11.6 Å². The number of imidazole rings is 1. The maximum Gasteiger partial charge on any atom is 0.153 e. The van der Waals surface area contributed by atoms with Crippen molar-refractivity contribution in [3.63, 3.8) is 0 Å². The molecule has 27 heavy (non-hydrogen) atoms. The molecule has 1 saturated carbocycles. The molecule has 3 aromatic rings. The van der Waals surface area contributed by atoms with Crippen molar-refractivity contribution in [2.75, 3.05) is 0 Å². The van der Waals surface area contributed by atoms with Gasteiger partial charge >= 0.3 is 0 Å². The number of para-hydroxylation sites is 2. The number of hydrogen-bond donors (Lipinski definition) is 0. The highest BCUT2D eigenvalue weighted by molar-refractivity contribution is 6.30. The van der Waals surface area contributed by atoms with Crippen molar-refractivity contribution in [1.29, 1.82) is 0 Å². The number of aryl methyl sites for hydroxylation is 1. The molecule has 4 rings (SSSR count). The maximum absolute atomic E-state index is 6.18. The second kappa shape index (κ2) is 8.35. The SMILES string of the molecule is CC(Oc1ccc(Cl)cc1)c1nc2ccccc2n1CCC1CCCCC1. The third kappa shape index (κ3) is 4.30. The van der Waals surface area contributed by atoms with Crippen LogP contribution in [0, 0.1) is 5.92 Å². The smallest absolute Gasteiger partial charge is 0.153 e. The van der Waals surface area contributed by atoms with Gasteiger partial charge in [-0.25, -0.2) is 4.98 Å². The summed E-state index contributed by atoms with van der Waals surface area (Å²) in [6, 6.07) is 15.9. The van der Waals surface area contributed by atoms with E-state index in [2.05, 4.69) is 35.8 Å². The summed E-state index contributed by atoms with van der Waals surface area (Å²) in [4.78, 5) is 4.90. The molecule has 0 saturated heterocycles. The number of hydrogen-bond acceptors (Lipinski definition) is 2. The number of benzene rings is 2. The first-order valence-electron chi connectivity index (χ1n) is 10.1. The van der Waals surface area contributed by atoms with Crippen LogP contribution in [-0.4, -0.2) is 9.55 Å². The molecule has 1 aromatic heterocycles. The molecule has 1 fully saturated rings. The number of fused-ring (bicyclic) bond motifs is 1. The second-order valence-electron chi connectivity index (χ2n) is 7.62. The molecule has 0 N–H and O–H groups in total. The van der Waals surface area contributed by atoms with Crippen LogP contribution in [0.25, 0.3) is 11.0 Å². The Kier molecular flexibility index (Phi) is 5.68. The molecular weight excluding hydrogens is 356 g/mol. The van der Waals surface area contributed by atoms with Crippen LogP contribution in [-0.2, 0) is 6.54 Å². The molecule has 0 radical (unpaired) electrons. The van der Waals surface area contributed by atoms with Crippen molar-refractivity contribution in [1.82, 2.24) is 9.55 Å². The molecule has 2 aromatic carbocycles. The number of rotatable bonds is 6. The van der Waals surface area contributed by atoms with Crippen molar-refractivity contribution >= 4 is 22.6 Å².